The molecule has 1 aromatic carbocycles. The van der Waals surface area contributed by atoms with Crippen LogP contribution in [0, 0.1) is 12.7 Å². The molecule has 0 N–H and O–H groups in total. The van der Waals surface area contributed by atoms with Crippen molar-refractivity contribution in [1.29, 1.82) is 0 Å². The van der Waals surface area contributed by atoms with E-state index in [2.05, 4.69) is 9.97 Å². The number of halogens is 1. The van der Waals surface area contributed by atoms with Crippen molar-refractivity contribution in [1.82, 2.24) is 9.97 Å². The Morgan fingerprint density at radius 3 is 2.67 bits per heavy atom. The lowest BCUT2D eigenvalue weighted by Gasteiger charge is -2.05. The third-order valence-electron chi connectivity index (χ3n) is 2.49. The SMILES string of the molecule is COc1nccnc1C(=O)c1ccc(F)c(C)c1. The summed E-state index contributed by atoms with van der Waals surface area (Å²) < 4.78 is 18.1. The van der Waals surface area contributed by atoms with Gasteiger partial charge < -0.3 is 4.74 Å². The van der Waals surface area contributed by atoms with Crippen LogP contribution in [0.3, 0.4) is 0 Å². The monoisotopic (exact) mass is 246 g/mol. The molecule has 1 aromatic heterocycles. The van der Waals surface area contributed by atoms with Gasteiger partial charge in [-0.1, -0.05) is 0 Å². The van der Waals surface area contributed by atoms with Gasteiger partial charge in [0.25, 0.3) is 0 Å². The zero-order valence-corrected chi connectivity index (χ0v) is 9.98. The average Bonchev–Trinajstić information content (AvgIpc) is 2.41. The number of benzene rings is 1. The van der Waals surface area contributed by atoms with Gasteiger partial charge in [0.2, 0.25) is 11.7 Å². The van der Waals surface area contributed by atoms with E-state index in [9.17, 15) is 9.18 Å². The van der Waals surface area contributed by atoms with Gasteiger partial charge in [0.05, 0.1) is 7.11 Å². The quantitative estimate of drug-likeness (QED) is 0.779. The number of carbonyl (C=O) groups is 1. The molecule has 0 bridgehead atoms. The number of aromatic nitrogens is 2. The number of nitrogens with zero attached hydrogens (tertiary/aromatic N) is 2. The fraction of sp³-hybridized carbons (Fsp3) is 0.154. The van der Waals surface area contributed by atoms with Gasteiger partial charge in [0.15, 0.2) is 5.69 Å². The number of carbonyl (C=O) groups excluding carboxylic acids is 1. The van der Waals surface area contributed by atoms with Gasteiger partial charge in [-0.25, -0.2) is 14.4 Å². The molecule has 92 valence electrons. The third kappa shape index (κ3) is 2.20. The zero-order chi connectivity index (χ0) is 13.1. The molecule has 0 unspecified atom stereocenters. The first-order chi connectivity index (χ1) is 8.63. The molecule has 0 radical (unpaired) electrons. The number of rotatable bonds is 3. The van der Waals surface area contributed by atoms with E-state index >= 15 is 0 Å². The van der Waals surface area contributed by atoms with Gasteiger partial charge in [0.1, 0.15) is 5.82 Å². The highest BCUT2D eigenvalue weighted by Crippen LogP contribution is 2.17. The van der Waals surface area contributed by atoms with E-state index < -0.39 is 0 Å². The van der Waals surface area contributed by atoms with Crippen molar-refractivity contribution < 1.29 is 13.9 Å². The van der Waals surface area contributed by atoms with Gasteiger partial charge >= 0.3 is 0 Å². The molecule has 4 nitrogen and oxygen atoms in total. The molecule has 0 aliphatic rings. The second-order valence-corrected chi connectivity index (χ2v) is 3.71. The Morgan fingerprint density at radius 1 is 1.28 bits per heavy atom. The van der Waals surface area contributed by atoms with E-state index in [1.165, 1.54) is 37.7 Å². The first-order valence-corrected chi connectivity index (χ1v) is 5.29. The van der Waals surface area contributed by atoms with Crippen molar-refractivity contribution in [2.24, 2.45) is 0 Å². The molecule has 0 fully saturated rings. The maximum atomic E-state index is 13.1. The lowest BCUT2D eigenvalue weighted by molar-refractivity contribution is 0.103. The van der Waals surface area contributed by atoms with Crippen molar-refractivity contribution in [3.05, 3.63) is 53.2 Å². The van der Waals surface area contributed by atoms with E-state index in [4.69, 9.17) is 4.74 Å². The molecule has 0 aliphatic heterocycles. The summed E-state index contributed by atoms with van der Waals surface area (Å²) in [5.41, 5.74) is 0.877. The summed E-state index contributed by atoms with van der Waals surface area (Å²) in [5, 5.41) is 0. The van der Waals surface area contributed by atoms with Crippen LogP contribution in [0.25, 0.3) is 0 Å². The molecule has 1 heterocycles. The molecule has 0 atom stereocenters. The predicted molar refractivity (Wildman–Crippen MR) is 63.2 cm³/mol. The normalized spacial score (nSPS) is 10.2. The molecule has 0 amide bonds. The van der Waals surface area contributed by atoms with Crippen LogP contribution >= 0.6 is 0 Å². The van der Waals surface area contributed by atoms with Crippen molar-refractivity contribution in [2.45, 2.75) is 6.92 Å². The lowest BCUT2D eigenvalue weighted by Crippen LogP contribution is -2.08. The molecule has 18 heavy (non-hydrogen) atoms. The molecular weight excluding hydrogens is 235 g/mol. The minimum absolute atomic E-state index is 0.117. The lowest BCUT2D eigenvalue weighted by atomic mass is 10.1. The highest BCUT2D eigenvalue weighted by Gasteiger charge is 2.17. The maximum absolute atomic E-state index is 13.1. The fourth-order valence-corrected chi connectivity index (χ4v) is 1.55. The number of aryl methyl sites for hydroxylation is 1. The number of ether oxygens (including phenoxy) is 1. The molecule has 0 aliphatic carbocycles. The molecule has 0 spiro atoms. The highest BCUT2D eigenvalue weighted by atomic mass is 19.1. The summed E-state index contributed by atoms with van der Waals surface area (Å²) in [6.45, 7) is 1.60. The standard InChI is InChI=1S/C13H11FN2O2/c1-8-7-9(3-4-10(8)14)12(17)11-13(18-2)16-6-5-15-11/h3-7H,1-2H3. The topological polar surface area (TPSA) is 52.1 Å². The largest absolute Gasteiger partial charge is 0.479 e. The first-order valence-electron chi connectivity index (χ1n) is 5.29. The number of ketones is 1. The second kappa shape index (κ2) is 4.91. The number of hydrogen-bond acceptors (Lipinski definition) is 4. The minimum atomic E-state index is -0.349. The summed E-state index contributed by atoms with van der Waals surface area (Å²) in [6.07, 6.45) is 2.84. The van der Waals surface area contributed by atoms with Gasteiger partial charge in [-0.15, -0.1) is 0 Å². The van der Waals surface area contributed by atoms with Crippen molar-refractivity contribution in [3.63, 3.8) is 0 Å². The molecule has 0 saturated heterocycles. The Bertz CT molecular complexity index is 599. The minimum Gasteiger partial charge on any atom is -0.479 e. The van der Waals surface area contributed by atoms with Crippen LogP contribution in [-0.2, 0) is 0 Å². The van der Waals surface area contributed by atoms with Crippen LogP contribution in [0.15, 0.2) is 30.6 Å². The number of hydrogen-bond donors (Lipinski definition) is 0. The summed E-state index contributed by atoms with van der Waals surface area (Å²) in [5.74, 6) is -0.537. The van der Waals surface area contributed by atoms with E-state index in [1.54, 1.807) is 6.92 Å². The highest BCUT2D eigenvalue weighted by molar-refractivity contribution is 6.09. The maximum Gasteiger partial charge on any atom is 0.243 e. The second-order valence-electron chi connectivity index (χ2n) is 3.71. The fourth-order valence-electron chi connectivity index (χ4n) is 1.55. The van der Waals surface area contributed by atoms with E-state index in [0.717, 1.165) is 0 Å². The Balaban J connectivity index is 2.44. The van der Waals surface area contributed by atoms with E-state index in [1.807, 2.05) is 0 Å². The molecule has 0 saturated carbocycles. The Labute approximate surface area is 103 Å². The molecule has 5 heteroatoms. The molecular formula is C13H11FN2O2. The van der Waals surface area contributed by atoms with Crippen LogP contribution < -0.4 is 4.74 Å². The summed E-state index contributed by atoms with van der Waals surface area (Å²) in [4.78, 5) is 20.0. The number of methoxy groups -OCH3 is 1. The summed E-state index contributed by atoms with van der Waals surface area (Å²) >= 11 is 0. The molecule has 2 aromatic rings. The van der Waals surface area contributed by atoms with Crippen molar-refractivity contribution >= 4 is 5.78 Å². The van der Waals surface area contributed by atoms with Gasteiger partial charge in [-0.3, -0.25) is 4.79 Å². The van der Waals surface area contributed by atoms with Crippen LogP contribution in [0.1, 0.15) is 21.6 Å². The van der Waals surface area contributed by atoms with E-state index in [-0.39, 0.29) is 23.2 Å². The smallest absolute Gasteiger partial charge is 0.243 e. The third-order valence-corrected chi connectivity index (χ3v) is 2.49. The summed E-state index contributed by atoms with van der Waals surface area (Å²) in [7, 11) is 1.41. The van der Waals surface area contributed by atoms with Crippen LogP contribution in [0.4, 0.5) is 4.39 Å². The first kappa shape index (κ1) is 12.2. The van der Waals surface area contributed by atoms with Crippen LogP contribution in [-0.4, -0.2) is 22.9 Å². The zero-order valence-electron chi connectivity index (χ0n) is 9.98. The Morgan fingerprint density at radius 2 is 2.00 bits per heavy atom. The average molecular weight is 246 g/mol. The Kier molecular flexibility index (Phi) is 3.32. The van der Waals surface area contributed by atoms with Crippen molar-refractivity contribution in [3.8, 4) is 5.88 Å². The Hall–Kier alpha value is -2.30. The summed E-state index contributed by atoms with van der Waals surface area (Å²) in [6, 6.07) is 4.15. The molecule has 2 rings (SSSR count). The van der Waals surface area contributed by atoms with Crippen LogP contribution in [0.5, 0.6) is 5.88 Å². The van der Waals surface area contributed by atoms with Crippen molar-refractivity contribution in [2.75, 3.05) is 7.11 Å². The van der Waals surface area contributed by atoms with Gasteiger partial charge in [-0.2, -0.15) is 0 Å². The predicted octanol–water partition coefficient (Wildman–Crippen LogP) is 2.16. The van der Waals surface area contributed by atoms with Crippen LogP contribution in [0.2, 0.25) is 0 Å². The van der Waals surface area contributed by atoms with E-state index in [0.29, 0.717) is 11.1 Å². The van der Waals surface area contributed by atoms with Gasteiger partial charge in [-0.05, 0) is 30.7 Å². The van der Waals surface area contributed by atoms with Gasteiger partial charge in [0, 0.05) is 18.0 Å².